The van der Waals surface area contributed by atoms with Crippen LogP contribution >= 0.6 is 0 Å². The Labute approximate surface area is 173 Å². The quantitative estimate of drug-likeness (QED) is 0.720. The van der Waals surface area contributed by atoms with Gasteiger partial charge in [0.05, 0.1) is 5.69 Å². The Hall–Kier alpha value is -2.47. The van der Waals surface area contributed by atoms with E-state index in [9.17, 15) is 9.59 Å². The highest BCUT2D eigenvalue weighted by Crippen LogP contribution is 2.18. The third kappa shape index (κ3) is 6.00. The van der Waals surface area contributed by atoms with Crippen LogP contribution in [0.15, 0.2) is 41.2 Å². The van der Waals surface area contributed by atoms with Crippen LogP contribution in [-0.2, 0) is 17.8 Å². The van der Waals surface area contributed by atoms with Crippen LogP contribution in [0.1, 0.15) is 29.7 Å². The second-order valence-corrected chi connectivity index (χ2v) is 8.23. The molecule has 1 aromatic carbocycles. The molecule has 0 radical (unpaired) electrons. The molecular weight excluding hydrogens is 364 g/mol. The molecule has 3 rings (SSSR count). The molecule has 6 heteroatoms. The van der Waals surface area contributed by atoms with Crippen LogP contribution in [-0.4, -0.2) is 58.7 Å². The number of hydrogen-bond donors (Lipinski definition) is 0. The maximum absolute atomic E-state index is 13.1. The summed E-state index contributed by atoms with van der Waals surface area (Å²) in [7, 11) is 2.15. The Bertz CT molecular complexity index is 870. The largest absolute Gasteiger partial charge is 0.340 e. The zero-order chi connectivity index (χ0) is 20.8. The Balaban J connectivity index is 1.71. The molecule has 0 atom stereocenters. The molecule has 0 spiro atoms. The molecule has 0 aliphatic carbocycles. The van der Waals surface area contributed by atoms with Crippen molar-refractivity contribution in [2.75, 3.05) is 33.2 Å². The summed E-state index contributed by atoms with van der Waals surface area (Å²) in [5.41, 5.74) is 2.63. The molecule has 29 heavy (non-hydrogen) atoms. The van der Waals surface area contributed by atoms with E-state index in [1.165, 1.54) is 10.2 Å². The molecule has 0 bridgehead atoms. The zero-order valence-electron chi connectivity index (χ0n) is 17.8. The Morgan fingerprint density at radius 2 is 1.86 bits per heavy atom. The predicted octanol–water partition coefficient (Wildman–Crippen LogP) is 2.27. The lowest BCUT2D eigenvalue weighted by atomic mass is 9.96. The molecule has 1 amide bonds. The van der Waals surface area contributed by atoms with Crippen molar-refractivity contribution in [2.45, 2.75) is 39.7 Å². The second kappa shape index (κ2) is 9.83. The van der Waals surface area contributed by atoms with Crippen molar-refractivity contribution in [3.8, 4) is 0 Å². The van der Waals surface area contributed by atoms with E-state index in [1.54, 1.807) is 6.07 Å². The van der Waals surface area contributed by atoms with Gasteiger partial charge in [-0.05, 0) is 70.3 Å². The minimum atomic E-state index is -0.219. The lowest BCUT2D eigenvalue weighted by Crippen LogP contribution is -2.43. The first-order valence-corrected chi connectivity index (χ1v) is 10.5. The van der Waals surface area contributed by atoms with Crippen molar-refractivity contribution in [2.24, 2.45) is 5.92 Å². The summed E-state index contributed by atoms with van der Waals surface area (Å²) in [6, 6.07) is 11.8. The van der Waals surface area contributed by atoms with Crippen LogP contribution < -0.4 is 5.56 Å². The highest BCUT2D eigenvalue weighted by Gasteiger charge is 2.23. The van der Waals surface area contributed by atoms with E-state index in [0.29, 0.717) is 12.5 Å². The van der Waals surface area contributed by atoms with Crippen LogP contribution in [0.5, 0.6) is 0 Å². The average molecular weight is 397 g/mol. The average Bonchev–Trinajstić information content (AvgIpc) is 2.71. The topological polar surface area (TPSA) is 58.4 Å². The Morgan fingerprint density at radius 3 is 2.55 bits per heavy atom. The first-order chi connectivity index (χ1) is 13.9. The van der Waals surface area contributed by atoms with E-state index in [4.69, 9.17) is 0 Å². The van der Waals surface area contributed by atoms with Crippen molar-refractivity contribution in [3.05, 3.63) is 63.6 Å². The normalized spacial score (nSPS) is 15.4. The smallest absolute Gasteiger partial charge is 0.267 e. The first kappa shape index (κ1) is 21.2. The third-order valence-corrected chi connectivity index (χ3v) is 5.90. The lowest BCUT2D eigenvalue weighted by molar-refractivity contribution is -0.133. The van der Waals surface area contributed by atoms with Crippen LogP contribution in [0, 0.1) is 19.8 Å². The fourth-order valence-corrected chi connectivity index (χ4v) is 3.80. The van der Waals surface area contributed by atoms with Gasteiger partial charge in [-0.1, -0.05) is 30.3 Å². The number of benzene rings is 1. The van der Waals surface area contributed by atoms with E-state index in [-0.39, 0.29) is 18.0 Å². The summed E-state index contributed by atoms with van der Waals surface area (Å²) in [4.78, 5) is 29.7. The summed E-state index contributed by atoms with van der Waals surface area (Å²) in [6.07, 6.45) is 3.02. The number of carbonyl (C=O) groups is 1. The molecule has 1 aliphatic rings. The van der Waals surface area contributed by atoms with Gasteiger partial charge < -0.3 is 9.80 Å². The summed E-state index contributed by atoms with van der Waals surface area (Å²) >= 11 is 0. The number of nitrogens with zero attached hydrogens (tertiary/aromatic N) is 4. The number of hydrogen-bond acceptors (Lipinski definition) is 4. The first-order valence-electron chi connectivity index (χ1n) is 10.5. The number of carbonyl (C=O) groups excluding carboxylic acids is 1. The number of amides is 1. The van der Waals surface area contributed by atoms with E-state index in [1.807, 2.05) is 36.9 Å². The molecule has 1 aromatic heterocycles. The fraction of sp³-hybridized carbons (Fsp3) is 0.522. The Kier molecular flexibility index (Phi) is 7.20. The summed E-state index contributed by atoms with van der Waals surface area (Å²) in [6.45, 7) is 7.28. The van der Waals surface area contributed by atoms with Gasteiger partial charge in [0.2, 0.25) is 5.91 Å². The molecule has 156 valence electrons. The number of aromatic nitrogens is 2. The van der Waals surface area contributed by atoms with Gasteiger partial charge in [0.1, 0.15) is 6.54 Å². The van der Waals surface area contributed by atoms with E-state index < -0.39 is 0 Å². The maximum Gasteiger partial charge on any atom is 0.267 e. The minimum Gasteiger partial charge on any atom is -0.340 e. The molecule has 2 heterocycles. The van der Waals surface area contributed by atoms with Gasteiger partial charge >= 0.3 is 0 Å². The Morgan fingerprint density at radius 1 is 1.17 bits per heavy atom. The summed E-state index contributed by atoms with van der Waals surface area (Å²) in [5, 5.41) is 4.32. The predicted molar refractivity (Wildman–Crippen MR) is 115 cm³/mol. The molecule has 0 unspecified atom stereocenters. The van der Waals surface area contributed by atoms with Gasteiger partial charge in [0.25, 0.3) is 5.56 Å². The van der Waals surface area contributed by atoms with E-state index >= 15 is 0 Å². The highest BCUT2D eigenvalue weighted by atomic mass is 16.2. The minimum absolute atomic E-state index is 0.00135. The molecule has 0 saturated carbocycles. The SMILES string of the molecule is Cc1cc(=O)n(CC(=O)N(CCc2ccccc2)CC2CCN(C)CC2)nc1C. The van der Waals surface area contributed by atoms with Crippen molar-refractivity contribution >= 4 is 5.91 Å². The van der Waals surface area contributed by atoms with Crippen LogP contribution in [0.4, 0.5) is 0 Å². The molecule has 1 saturated heterocycles. The van der Waals surface area contributed by atoms with E-state index in [0.717, 1.165) is 50.2 Å². The van der Waals surface area contributed by atoms with Crippen LogP contribution in [0.3, 0.4) is 0 Å². The standard InChI is InChI=1S/C23H32N4O2/c1-18-15-22(28)27(24-19(18)2)17-23(29)26(14-11-20-7-5-4-6-8-20)16-21-9-12-25(3)13-10-21/h4-8,15,21H,9-14,16-17H2,1-3H3. The second-order valence-electron chi connectivity index (χ2n) is 8.23. The molecule has 6 nitrogen and oxygen atoms in total. The monoisotopic (exact) mass is 396 g/mol. The van der Waals surface area contributed by atoms with Crippen molar-refractivity contribution in [1.82, 2.24) is 19.6 Å². The van der Waals surface area contributed by atoms with Gasteiger partial charge in [-0.25, -0.2) is 4.68 Å². The zero-order valence-corrected chi connectivity index (χ0v) is 17.8. The van der Waals surface area contributed by atoms with Gasteiger partial charge in [-0.15, -0.1) is 0 Å². The van der Waals surface area contributed by atoms with Gasteiger partial charge in [-0.2, -0.15) is 5.10 Å². The lowest BCUT2D eigenvalue weighted by Gasteiger charge is -2.33. The summed E-state index contributed by atoms with van der Waals surface area (Å²) in [5.74, 6) is 0.480. The number of piperidine rings is 1. The summed E-state index contributed by atoms with van der Waals surface area (Å²) < 4.78 is 1.30. The van der Waals surface area contributed by atoms with Crippen molar-refractivity contribution in [1.29, 1.82) is 0 Å². The highest BCUT2D eigenvalue weighted by molar-refractivity contribution is 5.76. The third-order valence-electron chi connectivity index (χ3n) is 5.90. The fourth-order valence-electron chi connectivity index (χ4n) is 3.80. The molecule has 1 aliphatic heterocycles. The number of likely N-dealkylation sites (tertiary alicyclic amines) is 1. The van der Waals surface area contributed by atoms with Gasteiger partial charge in [0, 0.05) is 19.2 Å². The molecular formula is C23H32N4O2. The molecule has 2 aromatic rings. The van der Waals surface area contributed by atoms with Crippen LogP contribution in [0.2, 0.25) is 0 Å². The molecule has 1 fully saturated rings. The van der Waals surface area contributed by atoms with Gasteiger partial charge in [0.15, 0.2) is 0 Å². The van der Waals surface area contributed by atoms with Crippen molar-refractivity contribution < 1.29 is 4.79 Å². The maximum atomic E-state index is 13.1. The van der Waals surface area contributed by atoms with E-state index in [2.05, 4.69) is 29.2 Å². The van der Waals surface area contributed by atoms with Crippen LogP contribution in [0.25, 0.3) is 0 Å². The van der Waals surface area contributed by atoms with Crippen molar-refractivity contribution in [3.63, 3.8) is 0 Å². The number of rotatable bonds is 7. The van der Waals surface area contributed by atoms with Gasteiger partial charge in [-0.3, -0.25) is 9.59 Å². The molecule has 0 N–H and O–H groups in total. The number of aryl methyl sites for hydroxylation is 2.